The molecular formula is C17H29Cl2N5O5Ru. The molecule has 0 saturated carbocycles. The van der Waals surface area contributed by atoms with Gasteiger partial charge in [-0.05, 0) is 36.4 Å². The molecule has 30 heavy (non-hydrogen) atoms. The summed E-state index contributed by atoms with van der Waals surface area (Å²) >= 11 is 0. The van der Waals surface area contributed by atoms with Gasteiger partial charge in [0.1, 0.15) is 0 Å². The first-order valence-electron chi connectivity index (χ1n) is 7.05. The van der Waals surface area contributed by atoms with Crippen LogP contribution >= 0.6 is 0 Å². The van der Waals surface area contributed by atoms with Gasteiger partial charge in [-0.1, -0.05) is 18.2 Å². The van der Waals surface area contributed by atoms with Crippen LogP contribution in [0.4, 0.5) is 0 Å². The maximum atomic E-state index is 4.90. The molecule has 0 bridgehead atoms. The van der Waals surface area contributed by atoms with Gasteiger partial charge in [0, 0.05) is 25.5 Å². The van der Waals surface area contributed by atoms with E-state index < -0.39 is 0 Å². The SMILES string of the molecule is NCCN.O.O.O.O.O.[Cl-].[Cl-].[Ru+2].c1ccc(-c2cccc(-c3ccccn3)n2)nc1. The second kappa shape index (κ2) is 27.4. The first kappa shape index (κ1) is 46.5. The normalized spacial score (nSPS) is 7.13. The Hall–Kier alpha value is -1.63. The summed E-state index contributed by atoms with van der Waals surface area (Å²) in [5.74, 6) is 0. The van der Waals surface area contributed by atoms with Gasteiger partial charge in [-0.3, -0.25) is 9.97 Å². The Labute approximate surface area is 200 Å². The van der Waals surface area contributed by atoms with Crippen molar-refractivity contribution in [1.29, 1.82) is 0 Å². The van der Waals surface area contributed by atoms with E-state index in [4.69, 9.17) is 11.5 Å². The molecule has 14 N–H and O–H groups in total. The Morgan fingerprint density at radius 2 is 0.867 bits per heavy atom. The predicted molar refractivity (Wildman–Crippen MR) is 107 cm³/mol. The number of nitrogens with zero attached hydrogens (tertiary/aromatic N) is 3. The van der Waals surface area contributed by atoms with Crippen LogP contribution in [0.5, 0.6) is 0 Å². The zero-order chi connectivity index (χ0) is 15.6. The molecule has 0 aliphatic rings. The summed E-state index contributed by atoms with van der Waals surface area (Å²) in [6.07, 6.45) is 3.54. The number of pyridine rings is 3. The molecule has 0 aliphatic carbocycles. The Kier molecular flexibility index (Phi) is 42.5. The summed E-state index contributed by atoms with van der Waals surface area (Å²) in [6.45, 7) is 1.19. The van der Waals surface area contributed by atoms with Crippen molar-refractivity contribution in [1.82, 2.24) is 15.0 Å². The van der Waals surface area contributed by atoms with Gasteiger partial charge in [0.05, 0.1) is 22.8 Å². The molecule has 0 saturated heterocycles. The summed E-state index contributed by atoms with van der Waals surface area (Å²) in [5.41, 5.74) is 13.3. The van der Waals surface area contributed by atoms with Gasteiger partial charge >= 0.3 is 19.5 Å². The van der Waals surface area contributed by atoms with Crippen molar-refractivity contribution in [2.45, 2.75) is 0 Å². The van der Waals surface area contributed by atoms with E-state index in [-0.39, 0.29) is 71.7 Å². The van der Waals surface area contributed by atoms with Gasteiger partial charge in [0.2, 0.25) is 0 Å². The van der Waals surface area contributed by atoms with Gasteiger partial charge in [-0.25, -0.2) is 4.98 Å². The molecule has 0 fully saturated rings. The van der Waals surface area contributed by atoms with Gasteiger partial charge in [0.15, 0.2) is 0 Å². The number of rotatable bonds is 3. The van der Waals surface area contributed by atoms with E-state index in [0.717, 1.165) is 22.8 Å². The van der Waals surface area contributed by atoms with Crippen molar-refractivity contribution in [3.8, 4) is 22.8 Å². The van der Waals surface area contributed by atoms with E-state index in [1.165, 1.54) is 0 Å². The third kappa shape index (κ3) is 15.2. The molecule has 0 amide bonds. The Morgan fingerprint density at radius 1 is 0.533 bits per heavy atom. The van der Waals surface area contributed by atoms with Crippen LogP contribution < -0.4 is 36.3 Å². The van der Waals surface area contributed by atoms with E-state index in [2.05, 4.69) is 15.0 Å². The third-order valence-corrected chi connectivity index (χ3v) is 2.77. The molecule has 0 radical (unpaired) electrons. The fourth-order valence-electron chi connectivity index (χ4n) is 1.75. The Balaban J connectivity index is -0.0000000820. The van der Waals surface area contributed by atoms with Crippen LogP contribution in [0.15, 0.2) is 67.0 Å². The molecule has 10 nitrogen and oxygen atoms in total. The molecule has 3 heterocycles. The van der Waals surface area contributed by atoms with Crippen molar-refractivity contribution in [2.75, 3.05) is 13.1 Å². The zero-order valence-corrected chi connectivity index (χ0v) is 19.1. The van der Waals surface area contributed by atoms with Crippen LogP contribution in [0.25, 0.3) is 22.8 Å². The quantitative estimate of drug-likeness (QED) is 0.298. The summed E-state index contributed by atoms with van der Waals surface area (Å²) in [5, 5.41) is 0. The first-order chi connectivity index (χ1) is 10.8. The average molecular weight is 555 g/mol. The van der Waals surface area contributed by atoms with E-state index >= 15 is 0 Å². The molecule has 3 rings (SSSR count). The van der Waals surface area contributed by atoms with Crippen molar-refractivity contribution in [3.63, 3.8) is 0 Å². The molecule has 13 heteroatoms. The minimum atomic E-state index is 0. The monoisotopic (exact) mass is 555 g/mol. The fraction of sp³-hybridized carbons (Fsp3) is 0.118. The molecule has 0 spiro atoms. The van der Waals surface area contributed by atoms with Crippen LogP contribution in [-0.2, 0) is 19.5 Å². The maximum absolute atomic E-state index is 4.90. The van der Waals surface area contributed by atoms with Crippen molar-refractivity contribution < 1.29 is 71.7 Å². The minimum absolute atomic E-state index is 0. The topological polar surface area (TPSA) is 248 Å². The Morgan fingerprint density at radius 3 is 1.13 bits per heavy atom. The van der Waals surface area contributed by atoms with E-state index in [1.54, 1.807) is 12.4 Å². The third-order valence-electron chi connectivity index (χ3n) is 2.77. The Bertz CT molecular complexity index is 650. The number of halogens is 2. The number of aromatic nitrogens is 3. The number of hydrogen-bond donors (Lipinski definition) is 2. The standard InChI is InChI=1S/C15H11N3.C2H8N2.2ClH.5H2O.Ru/c1-3-10-16-12(6-1)14-8-5-9-15(18-14)13-7-2-4-11-17-13;3-1-2-4;;;;;;;;/h1-11H;1-4H2;2*1H;5*1H2;/q;;;;;;;;;+2/p-2. The van der Waals surface area contributed by atoms with Gasteiger partial charge < -0.3 is 63.7 Å². The van der Waals surface area contributed by atoms with Crippen LogP contribution in [0, 0.1) is 0 Å². The van der Waals surface area contributed by atoms with Crippen molar-refractivity contribution in [2.24, 2.45) is 11.5 Å². The zero-order valence-electron chi connectivity index (χ0n) is 15.9. The molecule has 3 aromatic heterocycles. The van der Waals surface area contributed by atoms with Crippen LogP contribution in [0.1, 0.15) is 0 Å². The molecular weight excluding hydrogens is 526 g/mol. The van der Waals surface area contributed by atoms with Gasteiger partial charge in [-0.15, -0.1) is 0 Å². The van der Waals surface area contributed by atoms with Crippen LogP contribution in [0.3, 0.4) is 0 Å². The summed E-state index contributed by atoms with van der Waals surface area (Å²) in [7, 11) is 0. The largest absolute Gasteiger partial charge is 2.00 e. The summed E-state index contributed by atoms with van der Waals surface area (Å²) < 4.78 is 0. The van der Waals surface area contributed by atoms with E-state index in [1.807, 2.05) is 54.6 Å². The van der Waals surface area contributed by atoms with E-state index in [9.17, 15) is 0 Å². The summed E-state index contributed by atoms with van der Waals surface area (Å²) in [6, 6.07) is 17.5. The number of hydrogen-bond acceptors (Lipinski definition) is 5. The second-order valence-corrected chi connectivity index (χ2v) is 4.42. The van der Waals surface area contributed by atoms with Crippen molar-refractivity contribution >= 4 is 0 Å². The fourth-order valence-corrected chi connectivity index (χ4v) is 1.75. The molecule has 3 aromatic rings. The maximum Gasteiger partial charge on any atom is 2.00 e. The minimum Gasteiger partial charge on any atom is -1.00 e. The van der Waals surface area contributed by atoms with Gasteiger partial charge in [0.25, 0.3) is 0 Å². The predicted octanol–water partition coefficient (Wildman–Crippen LogP) is -8.01. The molecule has 0 aromatic carbocycles. The number of nitrogens with two attached hydrogens (primary N) is 2. The summed E-state index contributed by atoms with van der Waals surface area (Å²) in [4.78, 5) is 13.2. The molecule has 0 atom stereocenters. The molecule has 174 valence electrons. The van der Waals surface area contributed by atoms with E-state index in [0.29, 0.717) is 13.1 Å². The van der Waals surface area contributed by atoms with Crippen LogP contribution in [0.2, 0.25) is 0 Å². The van der Waals surface area contributed by atoms with Crippen molar-refractivity contribution in [3.05, 3.63) is 67.0 Å². The average Bonchev–Trinajstić information content (AvgIpc) is 2.63. The second-order valence-electron chi connectivity index (χ2n) is 4.42. The van der Waals surface area contributed by atoms with Crippen LogP contribution in [-0.4, -0.2) is 55.4 Å². The first-order valence-corrected chi connectivity index (χ1v) is 7.05. The molecule has 0 aliphatic heterocycles. The smallest absolute Gasteiger partial charge is 1.00 e. The van der Waals surface area contributed by atoms with Gasteiger partial charge in [-0.2, -0.15) is 0 Å². The molecule has 0 unspecified atom stereocenters.